The summed E-state index contributed by atoms with van der Waals surface area (Å²) in [6, 6.07) is 4.35. The van der Waals surface area contributed by atoms with Crippen molar-refractivity contribution in [2.45, 2.75) is 17.1 Å². The molecule has 2 rings (SSSR count). The van der Waals surface area contributed by atoms with Gasteiger partial charge in [0.15, 0.2) is 9.84 Å². The molecule has 7 nitrogen and oxygen atoms in total. The lowest BCUT2D eigenvalue weighted by Crippen LogP contribution is -2.53. The van der Waals surface area contributed by atoms with Crippen LogP contribution < -0.4 is 0 Å². The van der Waals surface area contributed by atoms with E-state index in [2.05, 4.69) is 0 Å². The number of amides is 1. The molecule has 11 heteroatoms. The van der Waals surface area contributed by atoms with E-state index < -0.39 is 31.0 Å². The summed E-state index contributed by atoms with van der Waals surface area (Å²) in [6.45, 7) is 1.64. The van der Waals surface area contributed by atoms with Gasteiger partial charge < -0.3 is 4.90 Å². The first-order valence-electron chi connectivity index (χ1n) is 7.38. The lowest BCUT2D eigenvalue weighted by molar-refractivity contribution is -0.131. The van der Waals surface area contributed by atoms with Gasteiger partial charge in [0.1, 0.15) is 10.1 Å². The average molecular weight is 429 g/mol. The number of benzene rings is 1. The van der Waals surface area contributed by atoms with E-state index in [9.17, 15) is 21.6 Å². The van der Waals surface area contributed by atoms with Crippen LogP contribution in [0.15, 0.2) is 23.1 Å². The van der Waals surface area contributed by atoms with Crippen LogP contribution in [0.5, 0.6) is 0 Å². The van der Waals surface area contributed by atoms with E-state index in [4.69, 9.17) is 23.2 Å². The van der Waals surface area contributed by atoms with Gasteiger partial charge in [-0.3, -0.25) is 4.79 Å². The van der Waals surface area contributed by atoms with Crippen LogP contribution in [-0.2, 0) is 24.7 Å². The Labute approximate surface area is 157 Å². The zero-order valence-corrected chi connectivity index (χ0v) is 16.8. The molecule has 1 atom stereocenters. The fourth-order valence-corrected chi connectivity index (χ4v) is 5.08. The van der Waals surface area contributed by atoms with Crippen LogP contribution in [0.3, 0.4) is 0 Å². The Balaban J connectivity index is 2.14. The standard InChI is InChI=1S/C14H18Cl2N2O5S2/c1-10(24(2,20)21)14(19)17-6-8-18(9-7-17)25(22,23)12-5-3-4-11(15)13(12)16/h3-5,10H,6-9H2,1-2H3. The third kappa shape index (κ3) is 4.28. The Morgan fingerprint density at radius 2 is 1.64 bits per heavy atom. The zero-order chi connectivity index (χ0) is 19.0. The molecule has 1 saturated heterocycles. The lowest BCUT2D eigenvalue weighted by atomic mass is 10.3. The van der Waals surface area contributed by atoms with E-state index in [0.29, 0.717) is 0 Å². The highest BCUT2D eigenvalue weighted by atomic mass is 35.5. The van der Waals surface area contributed by atoms with E-state index in [1.165, 1.54) is 34.3 Å². The average Bonchev–Trinajstić information content (AvgIpc) is 2.55. The zero-order valence-electron chi connectivity index (χ0n) is 13.6. The maximum Gasteiger partial charge on any atom is 0.244 e. The molecule has 0 spiro atoms. The quantitative estimate of drug-likeness (QED) is 0.719. The van der Waals surface area contributed by atoms with Crippen LogP contribution in [-0.4, -0.2) is 69.6 Å². The molecule has 1 aliphatic rings. The van der Waals surface area contributed by atoms with Gasteiger partial charge in [0.25, 0.3) is 0 Å². The number of halogens is 2. The van der Waals surface area contributed by atoms with E-state index in [1.807, 2.05) is 0 Å². The summed E-state index contributed by atoms with van der Waals surface area (Å²) in [7, 11) is -7.35. The van der Waals surface area contributed by atoms with Crippen molar-refractivity contribution in [2.24, 2.45) is 0 Å². The number of piperazine rings is 1. The fourth-order valence-electron chi connectivity index (χ4n) is 2.41. The second-order valence-corrected chi connectivity index (χ2v) is 10.8. The Morgan fingerprint density at radius 1 is 1.08 bits per heavy atom. The van der Waals surface area contributed by atoms with Crippen molar-refractivity contribution in [1.29, 1.82) is 0 Å². The Morgan fingerprint density at radius 3 is 2.16 bits per heavy atom. The van der Waals surface area contributed by atoms with Gasteiger partial charge in [-0.15, -0.1) is 0 Å². The molecule has 1 aliphatic heterocycles. The number of hydrogen-bond acceptors (Lipinski definition) is 5. The van der Waals surface area contributed by atoms with Gasteiger partial charge in [-0.05, 0) is 19.1 Å². The minimum Gasteiger partial charge on any atom is -0.339 e. The van der Waals surface area contributed by atoms with Gasteiger partial charge in [-0.2, -0.15) is 4.31 Å². The number of nitrogens with zero attached hydrogens (tertiary/aromatic N) is 2. The third-order valence-corrected chi connectivity index (χ3v) is 8.43. The van der Waals surface area contributed by atoms with Gasteiger partial charge in [-0.25, -0.2) is 16.8 Å². The lowest BCUT2D eigenvalue weighted by Gasteiger charge is -2.35. The molecule has 1 heterocycles. The van der Waals surface area contributed by atoms with Gasteiger partial charge in [0, 0.05) is 32.4 Å². The first-order valence-corrected chi connectivity index (χ1v) is 11.5. The molecule has 1 aromatic carbocycles. The predicted octanol–water partition coefficient (Wildman–Crippen LogP) is 1.26. The van der Waals surface area contributed by atoms with Crippen molar-refractivity contribution in [3.8, 4) is 0 Å². The summed E-state index contributed by atoms with van der Waals surface area (Å²) in [5, 5.41) is -1.06. The number of sulfonamides is 1. The molecule has 140 valence electrons. The van der Waals surface area contributed by atoms with Crippen molar-refractivity contribution in [1.82, 2.24) is 9.21 Å². The Bertz CT molecular complexity index is 878. The van der Waals surface area contributed by atoms with Gasteiger partial charge >= 0.3 is 0 Å². The van der Waals surface area contributed by atoms with E-state index in [0.717, 1.165) is 6.26 Å². The van der Waals surface area contributed by atoms with E-state index >= 15 is 0 Å². The summed E-state index contributed by atoms with van der Waals surface area (Å²) in [4.78, 5) is 13.5. The van der Waals surface area contributed by atoms with Crippen LogP contribution >= 0.6 is 23.2 Å². The second kappa shape index (κ2) is 7.40. The summed E-state index contributed by atoms with van der Waals surface area (Å²) in [5.74, 6) is -0.527. The number of sulfone groups is 1. The molecule has 0 bridgehead atoms. The van der Waals surface area contributed by atoms with E-state index in [1.54, 1.807) is 0 Å². The minimum absolute atomic E-state index is 0.0478. The molecule has 0 aliphatic carbocycles. The van der Waals surface area contributed by atoms with Crippen molar-refractivity contribution >= 4 is 49.0 Å². The summed E-state index contributed by atoms with van der Waals surface area (Å²) >= 11 is 11.9. The SMILES string of the molecule is CC(C(=O)N1CCN(S(=O)(=O)c2cccc(Cl)c2Cl)CC1)S(C)(=O)=O. The highest BCUT2D eigenvalue weighted by Crippen LogP contribution is 2.31. The highest BCUT2D eigenvalue weighted by Gasteiger charge is 2.35. The molecule has 1 unspecified atom stereocenters. The maximum atomic E-state index is 12.7. The Hall–Kier alpha value is -0.870. The van der Waals surface area contributed by atoms with Crippen LogP contribution in [0, 0.1) is 0 Å². The van der Waals surface area contributed by atoms with Crippen LogP contribution in [0.1, 0.15) is 6.92 Å². The number of carbonyl (C=O) groups excluding carboxylic acids is 1. The minimum atomic E-state index is -3.85. The van der Waals surface area contributed by atoms with Crippen LogP contribution in [0.2, 0.25) is 10.0 Å². The molecule has 0 saturated carbocycles. The number of rotatable bonds is 4. The molecule has 0 N–H and O–H groups in total. The van der Waals surface area contributed by atoms with E-state index in [-0.39, 0.29) is 41.1 Å². The van der Waals surface area contributed by atoms with Gasteiger partial charge in [-0.1, -0.05) is 29.3 Å². The summed E-state index contributed by atoms with van der Waals surface area (Å²) < 4.78 is 49.7. The van der Waals surface area contributed by atoms with Crippen molar-refractivity contribution in [3.05, 3.63) is 28.2 Å². The highest BCUT2D eigenvalue weighted by molar-refractivity contribution is 7.92. The first-order chi connectivity index (χ1) is 11.5. The normalized spacial score (nSPS) is 18.2. The summed E-state index contributed by atoms with van der Waals surface area (Å²) in [5.41, 5.74) is 0. The van der Waals surface area contributed by atoms with Crippen LogP contribution in [0.25, 0.3) is 0 Å². The van der Waals surface area contributed by atoms with Crippen molar-refractivity contribution < 1.29 is 21.6 Å². The van der Waals surface area contributed by atoms with Gasteiger partial charge in [0.2, 0.25) is 15.9 Å². The molecule has 0 aromatic heterocycles. The Kier molecular flexibility index (Phi) is 6.05. The summed E-state index contributed by atoms with van der Waals surface area (Å²) in [6.07, 6.45) is 0.997. The van der Waals surface area contributed by atoms with Crippen LogP contribution in [0.4, 0.5) is 0 Å². The number of hydrogen-bond donors (Lipinski definition) is 0. The smallest absolute Gasteiger partial charge is 0.244 e. The molecular weight excluding hydrogens is 411 g/mol. The molecular formula is C14H18Cl2N2O5S2. The largest absolute Gasteiger partial charge is 0.339 e. The molecule has 0 radical (unpaired) electrons. The van der Waals surface area contributed by atoms with Gasteiger partial charge in [0.05, 0.1) is 10.0 Å². The number of carbonyl (C=O) groups is 1. The van der Waals surface area contributed by atoms with Crippen molar-refractivity contribution in [3.63, 3.8) is 0 Å². The molecule has 1 amide bonds. The van der Waals surface area contributed by atoms with Crippen molar-refractivity contribution in [2.75, 3.05) is 32.4 Å². The second-order valence-electron chi connectivity index (χ2n) is 5.75. The predicted molar refractivity (Wildman–Crippen MR) is 96.1 cm³/mol. The first kappa shape index (κ1) is 20.4. The topological polar surface area (TPSA) is 91.8 Å². The fraction of sp³-hybridized carbons (Fsp3) is 0.500. The monoisotopic (exact) mass is 428 g/mol. The molecule has 1 aromatic rings. The third-order valence-electron chi connectivity index (χ3n) is 4.07. The molecule has 25 heavy (non-hydrogen) atoms. The maximum absolute atomic E-state index is 12.7. The molecule has 1 fully saturated rings.